The normalized spacial score (nSPS) is 11.7. The molecule has 20 radical (unpaired) electrons. The maximum absolute atomic E-state index is 6.45. The number of furan rings is 1. The first-order chi connectivity index (χ1) is 25.9. The lowest BCUT2D eigenvalue weighted by Crippen LogP contribution is -2.55. The largest absolute Gasteiger partial charge is 0.456 e. The van der Waals surface area contributed by atoms with Gasteiger partial charge in [0.15, 0.2) is 17.5 Å². The molecule has 0 saturated heterocycles. The second kappa shape index (κ2) is 12.6. The lowest BCUT2D eigenvalue weighted by atomic mass is 9.60. The summed E-state index contributed by atoms with van der Waals surface area (Å²) in [6.07, 6.45) is 0. The topological polar surface area (TPSA) is 56.7 Å². The number of hydrogen-bond donors (Lipinski definition) is 0. The van der Waals surface area contributed by atoms with Crippen molar-refractivity contribution in [3.05, 3.63) is 84.9 Å². The van der Waals surface area contributed by atoms with Gasteiger partial charge < -0.3 is 8.98 Å². The Labute approximate surface area is 324 Å². The van der Waals surface area contributed by atoms with Crippen LogP contribution >= 0.6 is 0 Å². The molecule has 6 aromatic carbocycles. The fourth-order valence-electron chi connectivity index (χ4n) is 7.15. The molecule has 0 spiro atoms. The summed E-state index contributed by atoms with van der Waals surface area (Å²) in [7, 11) is 62.9. The number of hydrogen-bond acceptors (Lipinski definition) is 4. The Balaban J connectivity index is 1.25. The summed E-state index contributed by atoms with van der Waals surface area (Å²) in [5.41, 5.74) is 5.54. The molecule has 0 aliphatic heterocycles. The second-order valence-corrected chi connectivity index (χ2v) is 13.1. The van der Waals surface area contributed by atoms with Crippen LogP contribution in [0.25, 0.3) is 83.6 Å². The van der Waals surface area contributed by atoms with E-state index in [2.05, 4.69) is 52.0 Å². The first kappa shape index (κ1) is 34.4. The van der Waals surface area contributed by atoms with E-state index in [0.717, 1.165) is 27.5 Å². The van der Waals surface area contributed by atoms with Gasteiger partial charge in [-0.2, -0.15) is 0 Å². The third kappa shape index (κ3) is 5.04. The van der Waals surface area contributed by atoms with Crippen LogP contribution in [0.1, 0.15) is 0 Å². The van der Waals surface area contributed by atoms with Crippen LogP contribution in [0.3, 0.4) is 0 Å². The molecule has 3 heterocycles. The number of nitrogens with zero attached hydrogens (tertiary/aromatic N) is 4. The van der Waals surface area contributed by atoms with E-state index in [4.69, 9.17) is 92.8 Å². The Morgan fingerprint density at radius 1 is 0.389 bits per heavy atom. The first-order valence-electron chi connectivity index (χ1n) is 16.7. The van der Waals surface area contributed by atoms with E-state index in [1.807, 2.05) is 42.5 Å². The van der Waals surface area contributed by atoms with Crippen molar-refractivity contribution >= 4 is 177 Å². The maximum Gasteiger partial charge on any atom is 0.164 e. The molecule has 0 aliphatic carbocycles. The second-order valence-electron chi connectivity index (χ2n) is 13.1. The predicted molar refractivity (Wildman–Crippen MR) is 232 cm³/mol. The molecule has 54 heavy (non-hydrogen) atoms. The summed E-state index contributed by atoms with van der Waals surface area (Å²) >= 11 is 0. The Bertz CT molecular complexity index is 2880. The number of rotatable bonds is 4. The van der Waals surface area contributed by atoms with Crippen LogP contribution in [0.4, 0.5) is 0 Å². The molecule has 9 rings (SSSR count). The number of aromatic nitrogens is 4. The number of fused-ring (bicyclic) bond motifs is 6. The molecule has 0 fully saturated rings. The highest BCUT2D eigenvalue weighted by Crippen LogP contribution is 2.36. The van der Waals surface area contributed by atoms with Gasteiger partial charge in [0.2, 0.25) is 0 Å². The molecular weight excluding hydrogens is 649 g/mol. The van der Waals surface area contributed by atoms with E-state index in [1.54, 1.807) is 0 Å². The third-order valence-corrected chi connectivity index (χ3v) is 10.0. The molecule has 5 nitrogen and oxygen atoms in total. The van der Waals surface area contributed by atoms with Gasteiger partial charge in [-0.3, -0.25) is 0 Å². The van der Waals surface area contributed by atoms with Gasteiger partial charge in [0.1, 0.15) is 89.6 Å². The summed E-state index contributed by atoms with van der Waals surface area (Å²) in [5, 5.41) is 4.15. The number of benzene rings is 6. The van der Waals surface area contributed by atoms with E-state index < -0.39 is 0 Å². The molecule has 0 unspecified atom stereocenters. The van der Waals surface area contributed by atoms with Crippen molar-refractivity contribution in [2.24, 2.45) is 0 Å². The Hall–Kier alpha value is -5.42. The van der Waals surface area contributed by atoms with E-state index in [0.29, 0.717) is 16.7 Å². The molecule has 0 aliphatic rings. The van der Waals surface area contributed by atoms with Gasteiger partial charge in [-0.15, -0.1) is 32.8 Å². The van der Waals surface area contributed by atoms with Crippen LogP contribution in [0.5, 0.6) is 0 Å². The molecule has 15 heteroatoms. The van der Waals surface area contributed by atoms with E-state index in [9.17, 15) is 0 Å². The van der Waals surface area contributed by atoms with Crippen LogP contribution in [-0.4, -0.2) is 98.0 Å². The molecule has 3 aromatic heterocycles. The molecule has 0 bridgehead atoms. The van der Waals surface area contributed by atoms with Gasteiger partial charge in [-0.05, 0) is 42.5 Å². The van der Waals surface area contributed by atoms with Crippen molar-refractivity contribution in [2.75, 3.05) is 0 Å². The lowest BCUT2D eigenvalue weighted by molar-refractivity contribution is 0.669. The maximum atomic E-state index is 6.45. The van der Waals surface area contributed by atoms with Crippen molar-refractivity contribution in [3.8, 4) is 39.9 Å². The van der Waals surface area contributed by atoms with Gasteiger partial charge >= 0.3 is 0 Å². The van der Waals surface area contributed by atoms with Gasteiger partial charge in [-0.1, -0.05) is 64.3 Å². The third-order valence-electron chi connectivity index (χ3n) is 10.0. The van der Waals surface area contributed by atoms with E-state index >= 15 is 0 Å². The first-order valence-corrected chi connectivity index (χ1v) is 16.7. The van der Waals surface area contributed by atoms with Gasteiger partial charge in [0.25, 0.3) is 0 Å². The molecule has 9 aromatic rings. The minimum Gasteiger partial charge on any atom is -0.456 e. The van der Waals surface area contributed by atoms with Crippen LogP contribution < -0.4 is 54.6 Å². The smallest absolute Gasteiger partial charge is 0.164 e. The zero-order valence-electron chi connectivity index (χ0n) is 28.6. The van der Waals surface area contributed by atoms with E-state index in [1.165, 1.54) is 10.8 Å². The molecular formula is C39H14B10N4O. The predicted octanol–water partition coefficient (Wildman–Crippen LogP) is -2.19. The summed E-state index contributed by atoms with van der Waals surface area (Å²) < 4.78 is 8.66. The minimum atomic E-state index is 0.0108. The van der Waals surface area contributed by atoms with Gasteiger partial charge in [0, 0.05) is 43.9 Å². The summed E-state index contributed by atoms with van der Waals surface area (Å²) in [6.45, 7) is 0. The molecule has 0 amide bonds. The van der Waals surface area contributed by atoms with Gasteiger partial charge in [0.05, 0.1) is 11.0 Å². The van der Waals surface area contributed by atoms with Crippen LogP contribution in [0.15, 0.2) is 89.3 Å². The fraction of sp³-hybridized carbons (Fsp3) is 0. The van der Waals surface area contributed by atoms with Crippen LogP contribution in [-0.2, 0) is 0 Å². The Morgan fingerprint density at radius 3 is 1.37 bits per heavy atom. The fourth-order valence-corrected chi connectivity index (χ4v) is 7.15. The SMILES string of the molecule is [B]c1c([B])c([B])c(-c2nc(-c3ccc4c(c3)oc3ccc(-n5c6ccccc6c6ccccc65)cc34)nc(-c3c([B])c([B])c([B])c([B])c3[B])n2)c([B])c1[B]. The lowest BCUT2D eigenvalue weighted by Gasteiger charge is -2.22. The zero-order chi connectivity index (χ0) is 37.7. The van der Waals surface area contributed by atoms with Crippen molar-refractivity contribution in [1.29, 1.82) is 0 Å². The van der Waals surface area contributed by atoms with Crippen molar-refractivity contribution < 1.29 is 4.42 Å². The zero-order valence-corrected chi connectivity index (χ0v) is 28.6. The highest BCUT2D eigenvalue weighted by Gasteiger charge is 2.22. The highest BCUT2D eigenvalue weighted by atomic mass is 16.3. The summed E-state index contributed by atoms with van der Waals surface area (Å²) in [5.74, 6) is 0.206. The van der Waals surface area contributed by atoms with Crippen molar-refractivity contribution in [2.45, 2.75) is 0 Å². The average molecular weight is 663 g/mol. The molecule has 226 valence electrons. The summed E-state index contributed by atoms with van der Waals surface area (Å²) in [4.78, 5) is 14.2. The summed E-state index contributed by atoms with van der Waals surface area (Å²) in [6, 6.07) is 28.5. The monoisotopic (exact) mass is 664 g/mol. The average Bonchev–Trinajstić information content (AvgIpc) is 3.72. The van der Waals surface area contributed by atoms with E-state index in [-0.39, 0.29) is 83.2 Å². The van der Waals surface area contributed by atoms with Crippen molar-refractivity contribution in [1.82, 2.24) is 19.5 Å². The van der Waals surface area contributed by atoms with Crippen molar-refractivity contribution in [3.63, 3.8) is 0 Å². The molecule has 0 N–H and O–H groups in total. The number of para-hydroxylation sites is 2. The quantitative estimate of drug-likeness (QED) is 0.201. The Kier molecular flexibility index (Phi) is 8.00. The standard InChI is InChI=1S/C39H14B10N4O/c40-27-25(28(41)32(45)35(48)31(27)44)38-50-37(51-39(52-38)26-29(42)33(46)36(49)34(47)30(26)43)15-9-11-19-20-14-16(10-12-23(20)54-24(19)13-15)53-21-7-3-1-5-17(21)18-6-2-4-8-22(18)53/h1-14H. The van der Waals surface area contributed by atoms with Crippen LogP contribution in [0.2, 0.25) is 0 Å². The molecule has 0 atom stereocenters. The minimum absolute atomic E-state index is 0.0108. The highest BCUT2D eigenvalue weighted by molar-refractivity contribution is 6.69. The van der Waals surface area contributed by atoms with Gasteiger partial charge in [-0.25, -0.2) is 15.0 Å². The van der Waals surface area contributed by atoms with Crippen LogP contribution in [0, 0.1) is 0 Å². The Morgan fingerprint density at radius 2 is 0.852 bits per heavy atom. The molecule has 0 saturated carbocycles.